The van der Waals surface area contributed by atoms with Crippen molar-refractivity contribution >= 4 is 21.6 Å². The van der Waals surface area contributed by atoms with Crippen LogP contribution < -0.4 is 0 Å². The Bertz CT molecular complexity index is 299. The third-order valence-corrected chi connectivity index (χ3v) is 5.11. The first-order valence-electron chi connectivity index (χ1n) is 4.51. The molecule has 0 bridgehead atoms. The summed E-state index contributed by atoms with van der Waals surface area (Å²) in [5, 5.41) is 0.579. The molecule has 0 amide bonds. The lowest BCUT2D eigenvalue weighted by Crippen LogP contribution is -2.09. The summed E-state index contributed by atoms with van der Waals surface area (Å²) in [7, 11) is 3.92. The smallest absolute Gasteiger partial charge is 0.0599 e. The third kappa shape index (κ3) is 1.86. The predicted molar refractivity (Wildman–Crippen MR) is 60.7 cm³/mol. The largest absolute Gasteiger partial charge is 0.260 e. The fourth-order valence-electron chi connectivity index (χ4n) is 1.47. The molecule has 0 aliphatic carbocycles. The van der Waals surface area contributed by atoms with E-state index < -0.39 is 0 Å². The van der Waals surface area contributed by atoms with Crippen LogP contribution in [0.5, 0.6) is 0 Å². The molecule has 0 aromatic carbocycles. The zero-order valence-corrected chi connectivity index (χ0v) is 9.49. The van der Waals surface area contributed by atoms with Crippen molar-refractivity contribution < 1.29 is 0 Å². The van der Waals surface area contributed by atoms with Gasteiger partial charge in [-0.1, -0.05) is 41.5 Å². The molecule has 0 spiro atoms. The minimum Gasteiger partial charge on any atom is -0.260 e. The second kappa shape index (κ2) is 3.93. The lowest BCUT2D eigenvalue weighted by atomic mass is 10.0. The topological polar surface area (TPSA) is 12.9 Å². The van der Waals surface area contributed by atoms with Gasteiger partial charge in [0.25, 0.3) is 0 Å². The molecule has 0 radical (unpaired) electrons. The summed E-state index contributed by atoms with van der Waals surface area (Å²) in [4.78, 5) is 4.49. The van der Waals surface area contributed by atoms with Crippen molar-refractivity contribution in [3.63, 3.8) is 0 Å². The fourth-order valence-corrected chi connectivity index (χ4v) is 4.55. The van der Waals surface area contributed by atoms with Gasteiger partial charge in [-0.25, -0.2) is 0 Å². The molecule has 1 aliphatic heterocycles. The molecule has 1 atom stereocenters. The van der Waals surface area contributed by atoms with Gasteiger partial charge in [0.2, 0.25) is 0 Å². The first-order chi connectivity index (χ1) is 6.29. The molecular weight excluding hydrogens is 198 g/mol. The van der Waals surface area contributed by atoms with E-state index in [1.807, 2.05) is 33.9 Å². The first kappa shape index (κ1) is 9.41. The Balaban J connectivity index is 2.37. The van der Waals surface area contributed by atoms with Crippen LogP contribution in [0.1, 0.15) is 30.4 Å². The Hall–Kier alpha value is -0.150. The maximum Gasteiger partial charge on any atom is 0.0599 e. The normalized spacial score (nSPS) is 21.6. The van der Waals surface area contributed by atoms with Crippen LogP contribution in [-0.4, -0.2) is 4.98 Å². The van der Waals surface area contributed by atoms with E-state index in [4.69, 9.17) is 0 Å². The molecular formula is C10H13NS2. The van der Waals surface area contributed by atoms with Crippen LogP contribution in [-0.2, 0) is 5.75 Å². The second-order valence-electron chi connectivity index (χ2n) is 3.57. The number of rotatable bonds is 1. The number of fused-ring (bicyclic) bond motifs is 1. The molecule has 3 heteroatoms. The van der Waals surface area contributed by atoms with E-state index in [0.29, 0.717) is 11.2 Å². The summed E-state index contributed by atoms with van der Waals surface area (Å²) in [6.45, 7) is 4.53. The van der Waals surface area contributed by atoms with Crippen LogP contribution in [0.3, 0.4) is 0 Å². The van der Waals surface area contributed by atoms with Gasteiger partial charge in [-0.2, -0.15) is 0 Å². The van der Waals surface area contributed by atoms with Gasteiger partial charge in [0.15, 0.2) is 0 Å². The van der Waals surface area contributed by atoms with Crippen molar-refractivity contribution in [1.82, 2.24) is 4.98 Å². The van der Waals surface area contributed by atoms with Gasteiger partial charge < -0.3 is 0 Å². The molecule has 13 heavy (non-hydrogen) atoms. The molecule has 0 saturated heterocycles. The van der Waals surface area contributed by atoms with Gasteiger partial charge in [-0.3, -0.25) is 4.98 Å². The average Bonchev–Trinajstić information content (AvgIpc) is 2.17. The zero-order valence-electron chi connectivity index (χ0n) is 7.86. The van der Waals surface area contributed by atoms with Gasteiger partial charge in [-0.05, 0) is 17.5 Å². The van der Waals surface area contributed by atoms with Gasteiger partial charge in [0, 0.05) is 11.9 Å². The Labute approximate surface area is 87.1 Å². The van der Waals surface area contributed by atoms with Crippen molar-refractivity contribution in [2.75, 3.05) is 0 Å². The third-order valence-electron chi connectivity index (χ3n) is 2.19. The molecule has 2 heterocycles. The highest BCUT2D eigenvalue weighted by Gasteiger charge is 2.24. The summed E-state index contributed by atoms with van der Waals surface area (Å²) >= 11 is 0. The molecule has 1 unspecified atom stereocenters. The van der Waals surface area contributed by atoms with E-state index in [9.17, 15) is 0 Å². The average molecular weight is 211 g/mol. The molecule has 1 aliphatic rings. The van der Waals surface area contributed by atoms with Gasteiger partial charge in [0.05, 0.1) is 10.9 Å². The van der Waals surface area contributed by atoms with E-state index in [1.54, 1.807) is 0 Å². The highest BCUT2D eigenvalue weighted by molar-refractivity contribution is 8.76. The summed E-state index contributed by atoms with van der Waals surface area (Å²) in [6, 6.07) is 4.23. The van der Waals surface area contributed by atoms with Gasteiger partial charge in [0.1, 0.15) is 0 Å². The monoisotopic (exact) mass is 211 g/mol. The van der Waals surface area contributed by atoms with Gasteiger partial charge >= 0.3 is 0 Å². The number of aromatic nitrogens is 1. The molecule has 1 aromatic heterocycles. The lowest BCUT2D eigenvalue weighted by Gasteiger charge is -2.25. The highest BCUT2D eigenvalue weighted by atomic mass is 33.1. The molecule has 0 N–H and O–H groups in total. The van der Waals surface area contributed by atoms with E-state index in [0.717, 1.165) is 5.75 Å². The van der Waals surface area contributed by atoms with Crippen molar-refractivity contribution in [2.24, 2.45) is 5.92 Å². The van der Waals surface area contributed by atoms with E-state index >= 15 is 0 Å². The van der Waals surface area contributed by atoms with Crippen molar-refractivity contribution in [2.45, 2.75) is 24.9 Å². The predicted octanol–water partition coefficient (Wildman–Crippen LogP) is 3.67. The number of pyridine rings is 1. The van der Waals surface area contributed by atoms with Crippen LogP contribution in [0.15, 0.2) is 18.3 Å². The summed E-state index contributed by atoms with van der Waals surface area (Å²) in [5.41, 5.74) is 2.73. The van der Waals surface area contributed by atoms with Crippen LogP contribution in [0.25, 0.3) is 0 Å². The molecule has 0 saturated carbocycles. The molecule has 2 rings (SSSR count). The number of hydrogen-bond acceptors (Lipinski definition) is 3. The minimum atomic E-state index is 0.579. The van der Waals surface area contributed by atoms with Crippen molar-refractivity contribution in [3.05, 3.63) is 29.6 Å². The second-order valence-corrected chi connectivity index (χ2v) is 6.08. The van der Waals surface area contributed by atoms with E-state index in [1.165, 1.54) is 11.3 Å². The van der Waals surface area contributed by atoms with Crippen molar-refractivity contribution in [3.8, 4) is 0 Å². The Kier molecular flexibility index (Phi) is 2.84. The van der Waals surface area contributed by atoms with Crippen LogP contribution in [0.2, 0.25) is 0 Å². The summed E-state index contributed by atoms with van der Waals surface area (Å²) in [5.74, 6) is 1.78. The maximum atomic E-state index is 4.49. The molecule has 0 fully saturated rings. The highest BCUT2D eigenvalue weighted by Crippen LogP contribution is 2.48. The molecule has 1 nitrogen and oxygen atoms in total. The molecule has 1 aromatic rings. The quantitative estimate of drug-likeness (QED) is 0.658. The van der Waals surface area contributed by atoms with Crippen molar-refractivity contribution in [1.29, 1.82) is 0 Å². The van der Waals surface area contributed by atoms with Crippen LogP contribution >= 0.6 is 21.6 Å². The number of nitrogens with zero attached hydrogens (tertiary/aromatic N) is 1. The van der Waals surface area contributed by atoms with E-state index in [-0.39, 0.29) is 0 Å². The Morgan fingerprint density at radius 1 is 1.54 bits per heavy atom. The molecule has 70 valence electrons. The maximum absolute atomic E-state index is 4.49. The lowest BCUT2D eigenvalue weighted by molar-refractivity contribution is 0.618. The van der Waals surface area contributed by atoms with Crippen LogP contribution in [0.4, 0.5) is 0 Å². The van der Waals surface area contributed by atoms with Crippen LogP contribution in [0, 0.1) is 5.92 Å². The number of hydrogen-bond donors (Lipinski definition) is 0. The SMILES string of the molecule is CC(C)C1SSCc2cccnc21. The standard InChI is InChI=1S/C10H13NS2/c1-7(2)10-9-8(6-12-13-10)4-3-5-11-9/h3-5,7,10H,6H2,1-2H3. The van der Waals surface area contributed by atoms with Gasteiger partial charge in [-0.15, -0.1) is 0 Å². The van der Waals surface area contributed by atoms with E-state index in [2.05, 4.69) is 24.9 Å². The first-order valence-corrected chi connectivity index (χ1v) is 6.89. The Morgan fingerprint density at radius 2 is 2.38 bits per heavy atom. The zero-order chi connectivity index (χ0) is 9.26. The Morgan fingerprint density at radius 3 is 3.15 bits per heavy atom. The summed E-state index contributed by atoms with van der Waals surface area (Å²) < 4.78 is 0. The fraction of sp³-hybridized carbons (Fsp3) is 0.500. The summed E-state index contributed by atoms with van der Waals surface area (Å²) in [6.07, 6.45) is 1.91. The minimum absolute atomic E-state index is 0.579.